The minimum Gasteiger partial charge on any atom is -0.459 e. The first-order valence-corrected chi connectivity index (χ1v) is 9.06. The lowest BCUT2D eigenvalue weighted by Gasteiger charge is -2.21. The molecule has 1 aliphatic rings. The van der Waals surface area contributed by atoms with Crippen molar-refractivity contribution in [2.24, 2.45) is 5.73 Å². The standard InChI is InChI=1S/C22H25NO4/c1-22(2,3)27-13-19(23)20(24)21(25)26-12-18-16-10-6-4-8-14(16)15-9-5-7-11-17(15)18/h4-11,18-19H,12-13,23H2,1-3H3/t19-/m0/s1. The Bertz CT molecular complexity index is 808. The molecular weight excluding hydrogens is 342 g/mol. The quantitative estimate of drug-likeness (QED) is 0.627. The van der Waals surface area contributed by atoms with Crippen molar-refractivity contribution < 1.29 is 19.1 Å². The van der Waals surface area contributed by atoms with E-state index in [-0.39, 0.29) is 19.1 Å². The zero-order valence-corrected chi connectivity index (χ0v) is 15.9. The van der Waals surface area contributed by atoms with Crippen molar-refractivity contribution in [3.05, 3.63) is 59.7 Å². The van der Waals surface area contributed by atoms with Crippen molar-refractivity contribution in [1.82, 2.24) is 0 Å². The largest absolute Gasteiger partial charge is 0.459 e. The molecule has 0 saturated carbocycles. The number of hydrogen-bond acceptors (Lipinski definition) is 5. The minimum atomic E-state index is -1.03. The number of benzene rings is 2. The summed E-state index contributed by atoms with van der Waals surface area (Å²) in [4.78, 5) is 24.4. The van der Waals surface area contributed by atoms with E-state index in [1.165, 1.54) is 0 Å². The highest BCUT2D eigenvalue weighted by Crippen LogP contribution is 2.44. The second-order valence-corrected chi connectivity index (χ2v) is 7.72. The third-order valence-corrected chi connectivity index (χ3v) is 4.58. The van der Waals surface area contributed by atoms with Crippen LogP contribution in [0.5, 0.6) is 0 Å². The molecule has 0 aromatic heterocycles. The number of rotatable bonds is 6. The monoisotopic (exact) mass is 367 g/mol. The number of ether oxygens (including phenoxy) is 2. The van der Waals surface area contributed by atoms with Crippen LogP contribution in [0.2, 0.25) is 0 Å². The molecule has 27 heavy (non-hydrogen) atoms. The molecule has 142 valence electrons. The topological polar surface area (TPSA) is 78.6 Å². The second-order valence-electron chi connectivity index (χ2n) is 7.72. The number of carbonyl (C=O) groups is 2. The summed E-state index contributed by atoms with van der Waals surface area (Å²) in [5.74, 6) is -1.77. The Kier molecular flexibility index (Phi) is 5.44. The lowest BCUT2D eigenvalue weighted by Crippen LogP contribution is -2.42. The van der Waals surface area contributed by atoms with Gasteiger partial charge in [-0.05, 0) is 43.0 Å². The van der Waals surface area contributed by atoms with Gasteiger partial charge in [-0.3, -0.25) is 4.79 Å². The van der Waals surface area contributed by atoms with Crippen LogP contribution in [0.3, 0.4) is 0 Å². The number of nitrogens with two attached hydrogens (primary N) is 1. The number of esters is 1. The average molecular weight is 367 g/mol. The zero-order valence-electron chi connectivity index (χ0n) is 15.9. The smallest absolute Gasteiger partial charge is 0.376 e. The van der Waals surface area contributed by atoms with Crippen LogP contribution < -0.4 is 5.73 Å². The third-order valence-electron chi connectivity index (χ3n) is 4.58. The summed E-state index contributed by atoms with van der Waals surface area (Å²) in [6, 6.07) is 15.0. The van der Waals surface area contributed by atoms with Crippen LogP contribution in [0.15, 0.2) is 48.5 Å². The predicted octanol–water partition coefficient (Wildman–Crippen LogP) is 3.05. The number of hydrogen-bond donors (Lipinski definition) is 1. The Labute approximate surface area is 159 Å². The first-order valence-electron chi connectivity index (χ1n) is 9.06. The molecule has 1 atom stereocenters. The van der Waals surface area contributed by atoms with Gasteiger partial charge < -0.3 is 15.2 Å². The van der Waals surface area contributed by atoms with Crippen LogP contribution in [0.4, 0.5) is 0 Å². The van der Waals surface area contributed by atoms with Crippen molar-refractivity contribution in [1.29, 1.82) is 0 Å². The molecule has 0 saturated heterocycles. The van der Waals surface area contributed by atoms with Gasteiger partial charge in [0.15, 0.2) is 0 Å². The van der Waals surface area contributed by atoms with Crippen LogP contribution in [0, 0.1) is 0 Å². The van der Waals surface area contributed by atoms with Crippen LogP contribution >= 0.6 is 0 Å². The zero-order chi connectivity index (χ0) is 19.6. The van der Waals surface area contributed by atoms with Crippen molar-refractivity contribution in [2.75, 3.05) is 13.2 Å². The maximum absolute atomic E-state index is 12.2. The van der Waals surface area contributed by atoms with Gasteiger partial charge in [-0.2, -0.15) is 0 Å². The fourth-order valence-corrected chi connectivity index (χ4v) is 3.24. The highest BCUT2D eigenvalue weighted by atomic mass is 16.5. The van der Waals surface area contributed by atoms with Gasteiger partial charge in [0.1, 0.15) is 6.61 Å². The number of ketones is 1. The fourth-order valence-electron chi connectivity index (χ4n) is 3.24. The van der Waals surface area contributed by atoms with Crippen LogP contribution in [-0.2, 0) is 19.1 Å². The molecule has 3 rings (SSSR count). The first kappa shape index (κ1) is 19.3. The molecule has 0 unspecified atom stereocenters. The molecule has 5 heteroatoms. The summed E-state index contributed by atoms with van der Waals surface area (Å²) in [6.45, 7) is 5.66. The van der Waals surface area contributed by atoms with E-state index < -0.39 is 23.4 Å². The van der Waals surface area contributed by atoms with E-state index in [0.717, 1.165) is 22.3 Å². The molecule has 0 aliphatic heterocycles. The van der Waals surface area contributed by atoms with Crippen molar-refractivity contribution >= 4 is 11.8 Å². The first-order chi connectivity index (χ1) is 12.8. The van der Waals surface area contributed by atoms with Gasteiger partial charge in [-0.25, -0.2) is 4.79 Å². The van der Waals surface area contributed by atoms with E-state index in [2.05, 4.69) is 12.1 Å². The molecule has 2 aromatic carbocycles. The summed E-state index contributed by atoms with van der Waals surface area (Å²) < 4.78 is 10.8. The molecule has 0 fully saturated rings. The highest BCUT2D eigenvalue weighted by Gasteiger charge is 2.31. The van der Waals surface area contributed by atoms with E-state index in [9.17, 15) is 9.59 Å². The van der Waals surface area contributed by atoms with Crippen LogP contribution in [0.25, 0.3) is 11.1 Å². The predicted molar refractivity (Wildman–Crippen MR) is 103 cm³/mol. The second kappa shape index (κ2) is 7.62. The van der Waals surface area contributed by atoms with Gasteiger partial charge in [0.05, 0.1) is 18.2 Å². The van der Waals surface area contributed by atoms with Gasteiger partial charge in [-0.15, -0.1) is 0 Å². The molecule has 2 aromatic rings. The summed E-state index contributed by atoms with van der Waals surface area (Å²) >= 11 is 0. The van der Waals surface area contributed by atoms with Crippen LogP contribution in [-0.4, -0.2) is 36.6 Å². The Balaban J connectivity index is 1.66. The molecule has 0 spiro atoms. The fraction of sp³-hybridized carbons (Fsp3) is 0.364. The number of Topliss-reactive ketones (excluding diaryl/α,β-unsaturated/α-hetero) is 1. The maximum Gasteiger partial charge on any atom is 0.376 e. The average Bonchev–Trinajstić information content (AvgIpc) is 2.97. The molecule has 0 bridgehead atoms. The molecule has 0 radical (unpaired) electrons. The Morgan fingerprint density at radius 1 is 1.00 bits per heavy atom. The Morgan fingerprint density at radius 3 is 2.04 bits per heavy atom. The van der Waals surface area contributed by atoms with Crippen molar-refractivity contribution in [2.45, 2.75) is 38.3 Å². The number of fused-ring (bicyclic) bond motifs is 3. The SMILES string of the molecule is CC(C)(C)OC[C@H](N)C(=O)C(=O)OCC1c2ccccc2-c2ccccc21. The summed E-state index contributed by atoms with van der Waals surface area (Å²) in [5.41, 5.74) is 9.82. The Morgan fingerprint density at radius 2 is 1.52 bits per heavy atom. The molecule has 0 amide bonds. The third kappa shape index (κ3) is 4.26. The van der Waals surface area contributed by atoms with Crippen molar-refractivity contribution in [3.63, 3.8) is 0 Å². The summed E-state index contributed by atoms with van der Waals surface area (Å²) in [5, 5.41) is 0. The van der Waals surface area contributed by atoms with Gasteiger partial charge in [-0.1, -0.05) is 48.5 Å². The van der Waals surface area contributed by atoms with Gasteiger partial charge in [0, 0.05) is 5.92 Å². The van der Waals surface area contributed by atoms with E-state index in [1.54, 1.807) is 0 Å². The summed E-state index contributed by atoms with van der Waals surface area (Å²) in [6.07, 6.45) is 0. The molecule has 5 nitrogen and oxygen atoms in total. The normalized spacial score (nSPS) is 14.4. The Hall–Kier alpha value is -2.50. The molecule has 1 aliphatic carbocycles. The number of carbonyl (C=O) groups excluding carboxylic acids is 2. The van der Waals surface area contributed by atoms with Crippen LogP contribution in [0.1, 0.15) is 37.8 Å². The van der Waals surface area contributed by atoms with E-state index in [1.807, 2.05) is 57.2 Å². The maximum atomic E-state index is 12.2. The van der Waals surface area contributed by atoms with Crippen molar-refractivity contribution in [3.8, 4) is 11.1 Å². The molecular formula is C22H25NO4. The van der Waals surface area contributed by atoms with Gasteiger partial charge >= 0.3 is 5.97 Å². The molecule has 2 N–H and O–H groups in total. The van der Waals surface area contributed by atoms with E-state index >= 15 is 0 Å². The highest BCUT2D eigenvalue weighted by molar-refractivity contribution is 6.35. The van der Waals surface area contributed by atoms with E-state index in [4.69, 9.17) is 15.2 Å². The minimum absolute atomic E-state index is 0.0213. The van der Waals surface area contributed by atoms with Gasteiger partial charge in [0.2, 0.25) is 0 Å². The molecule has 0 heterocycles. The van der Waals surface area contributed by atoms with E-state index in [0.29, 0.717) is 0 Å². The van der Waals surface area contributed by atoms with Gasteiger partial charge in [0.25, 0.3) is 5.78 Å². The lowest BCUT2D eigenvalue weighted by atomic mass is 9.98. The summed E-state index contributed by atoms with van der Waals surface area (Å²) in [7, 11) is 0. The lowest BCUT2D eigenvalue weighted by molar-refractivity contribution is -0.155.